The number of rotatable bonds is 5. The minimum Gasteiger partial charge on any atom is -0.350 e. The zero-order chi connectivity index (χ0) is 18.8. The Morgan fingerprint density at radius 3 is 2.48 bits per heavy atom. The number of alkyl halides is 3. The van der Waals surface area contributed by atoms with Crippen molar-refractivity contribution in [1.29, 1.82) is 0 Å². The minimum absolute atomic E-state index is 0.0936. The van der Waals surface area contributed by atoms with E-state index in [1.54, 1.807) is 6.07 Å². The number of benzene rings is 2. The highest BCUT2D eigenvalue weighted by atomic mass is 35.5. The SMILES string of the molecule is CS(=O)Cc1cc(Nc2ccc(C(F)(F)F)cc2[N+](=O)[O-])ccc1Cl. The van der Waals surface area contributed by atoms with Crippen molar-refractivity contribution in [1.82, 2.24) is 0 Å². The van der Waals surface area contributed by atoms with Crippen LogP contribution in [0.25, 0.3) is 0 Å². The van der Waals surface area contributed by atoms with Crippen LogP contribution in [-0.4, -0.2) is 15.4 Å². The third kappa shape index (κ3) is 4.93. The Morgan fingerprint density at radius 2 is 1.92 bits per heavy atom. The van der Waals surface area contributed by atoms with Gasteiger partial charge in [-0.15, -0.1) is 0 Å². The predicted octanol–water partition coefficient (Wildman–Crippen LogP) is 4.89. The fraction of sp³-hybridized carbons (Fsp3) is 0.200. The predicted molar refractivity (Wildman–Crippen MR) is 90.6 cm³/mol. The van der Waals surface area contributed by atoms with Crippen LogP contribution in [0.5, 0.6) is 0 Å². The lowest BCUT2D eigenvalue weighted by Crippen LogP contribution is -2.07. The number of nitrogens with one attached hydrogen (secondary N) is 1. The van der Waals surface area contributed by atoms with E-state index >= 15 is 0 Å². The Bertz CT molecular complexity index is 843. The Labute approximate surface area is 148 Å². The lowest BCUT2D eigenvalue weighted by atomic mass is 10.1. The van der Waals surface area contributed by atoms with Gasteiger partial charge in [-0.05, 0) is 35.9 Å². The smallest absolute Gasteiger partial charge is 0.350 e. The number of halogens is 4. The van der Waals surface area contributed by atoms with E-state index < -0.39 is 33.2 Å². The molecular formula is C15H12ClF3N2O3S. The van der Waals surface area contributed by atoms with Gasteiger partial charge in [0, 0.05) is 39.6 Å². The summed E-state index contributed by atoms with van der Waals surface area (Å²) in [5, 5.41) is 14.2. The van der Waals surface area contributed by atoms with Gasteiger partial charge in [0.05, 0.1) is 10.5 Å². The maximum atomic E-state index is 12.7. The molecule has 0 aliphatic rings. The van der Waals surface area contributed by atoms with Crippen molar-refractivity contribution in [3.8, 4) is 0 Å². The van der Waals surface area contributed by atoms with Crippen molar-refractivity contribution in [3.63, 3.8) is 0 Å². The van der Waals surface area contributed by atoms with Crippen LogP contribution >= 0.6 is 11.6 Å². The lowest BCUT2D eigenvalue weighted by Gasteiger charge is -2.12. The number of nitro groups is 1. The van der Waals surface area contributed by atoms with Gasteiger partial charge in [0.1, 0.15) is 5.69 Å². The summed E-state index contributed by atoms with van der Waals surface area (Å²) in [7, 11) is -1.15. The van der Waals surface area contributed by atoms with Crippen LogP contribution in [0.15, 0.2) is 36.4 Å². The van der Waals surface area contributed by atoms with Crippen LogP contribution in [-0.2, 0) is 22.7 Å². The first kappa shape index (κ1) is 19.2. The zero-order valence-electron chi connectivity index (χ0n) is 12.8. The first-order chi connectivity index (χ1) is 11.6. The topological polar surface area (TPSA) is 72.2 Å². The maximum absolute atomic E-state index is 12.7. The first-order valence-electron chi connectivity index (χ1n) is 6.79. The monoisotopic (exact) mass is 392 g/mol. The van der Waals surface area contributed by atoms with Gasteiger partial charge in [-0.25, -0.2) is 0 Å². The molecule has 0 saturated heterocycles. The van der Waals surface area contributed by atoms with E-state index in [0.29, 0.717) is 22.3 Å². The largest absolute Gasteiger partial charge is 0.416 e. The van der Waals surface area contributed by atoms with Gasteiger partial charge in [0.15, 0.2) is 0 Å². The van der Waals surface area contributed by atoms with Crippen molar-refractivity contribution in [3.05, 3.63) is 62.7 Å². The molecule has 2 rings (SSSR count). The molecule has 0 radical (unpaired) electrons. The molecule has 5 nitrogen and oxygen atoms in total. The molecule has 0 aromatic heterocycles. The van der Waals surface area contributed by atoms with Gasteiger partial charge in [-0.3, -0.25) is 14.3 Å². The summed E-state index contributed by atoms with van der Waals surface area (Å²) in [5.41, 5.74) is -0.966. The second kappa shape index (κ2) is 7.40. The van der Waals surface area contributed by atoms with E-state index in [9.17, 15) is 27.5 Å². The molecule has 2 aromatic carbocycles. The highest BCUT2D eigenvalue weighted by molar-refractivity contribution is 7.83. The zero-order valence-corrected chi connectivity index (χ0v) is 14.3. The molecule has 0 spiro atoms. The van der Waals surface area contributed by atoms with Gasteiger partial charge in [-0.2, -0.15) is 13.2 Å². The summed E-state index contributed by atoms with van der Waals surface area (Å²) < 4.78 is 49.5. The molecule has 134 valence electrons. The van der Waals surface area contributed by atoms with Crippen LogP contribution in [0.3, 0.4) is 0 Å². The average Bonchev–Trinajstić information content (AvgIpc) is 2.49. The number of anilines is 2. The van der Waals surface area contributed by atoms with Gasteiger partial charge in [-0.1, -0.05) is 11.6 Å². The average molecular weight is 393 g/mol. The Morgan fingerprint density at radius 1 is 1.24 bits per heavy atom. The number of nitro benzene ring substituents is 1. The van der Waals surface area contributed by atoms with E-state index in [1.165, 1.54) is 18.4 Å². The molecule has 1 atom stereocenters. The Hall–Kier alpha value is -2.13. The Balaban J connectivity index is 2.40. The van der Waals surface area contributed by atoms with Crippen molar-refractivity contribution in [2.75, 3.05) is 11.6 Å². The molecular weight excluding hydrogens is 381 g/mol. The standard InChI is InChI=1S/C15H12ClF3N2O3S/c1-25(24)8-9-6-11(3-4-12(9)16)20-13-5-2-10(15(17,18)19)7-14(13)21(22)23/h2-7,20H,8H2,1H3. The van der Waals surface area contributed by atoms with Crippen molar-refractivity contribution < 1.29 is 22.3 Å². The molecule has 10 heteroatoms. The summed E-state index contributed by atoms with van der Waals surface area (Å²) >= 11 is 6.00. The molecule has 0 heterocycles. The van der Waals surface area contributed by atoms with Crippen LogP contribution < -0.4 is 5.32 Å². The lowest BCUT2D eigenvalue weighted by molar-refractivity contribution is -0.384. The summed E-state index contributed by atoms with van der Waals surface area (Å²) in [6.07, 6.45) is -3.18. The fourth-order valence-corrected chi connectivity index (χ4v) is 3.04. The molecule has 1 N–H and O–H groups in total. The molecule has 0 amide bonds. The van der Waals surface area contributed by atoms with Crippen molar-refractivity contribution >= 4 is 39.5 Å². The van der Waals surface area contributed by atoms with E-state index in [-0.39, 0.29) is 11.4 Å². The van der Waals surface area contributed by atoms with Crippen LogP contribution in [0.2, 0.25) is 5.02 Å². The summed E-state index contributed by atoms with van der Waals surface area (Å²) in [6, 6.07) is 6.81. The molecule has 1 unspecified atom stereocenters. The molecule has 25 heavy (non-hydrogen) atoms. The number of hydrogen-bond donors (Lipinski definition) is 1. The van der Waals surface area contributed by atoms with Crippen molar-refractivity contribution in [2.45, 2.75) is 11.9 Å². The normalized spacial score (nSPS) is 12.7. The molecule has 0 bridgehead atoms. The van der Waals surface area contributed by atoms with Gasteiger partial charge < -0.3 is 5.32 Å². The van der Waals surface area contributed by atoms with E-state index in [0.717, 1.165) is 12.1 Å². The third-order valence-electron chi connectivity index (χ3n) is 3.21. The van der Waals surface area contributed by atoms with Crippen LogP contribution in [0.1, 0.15) is 11.1 Å². The van der Waals surface area contributed by atoms with E-state index in [1.807, 2.05) is 0 Å². The van der Waals surface area contributed by atoms with Crippen molar-refractivity contribution in [2.24, 2.45) is 0 Å². The summed E-state index contributed by atoms with van der Waals surface area (Å²) in [6.45, 7) is 0. The minimum atomic E-state index is -4.68. The molecule has 0 fully saturated rings. The van der Waals surface area contributed by atoms with Crippen LogP contribution in [0, 0.1) is 10.1 Å². The molecule has 2 aromatic rings. The quantitative estimate of drug-likeness (QED) is 0.581. The fourth-order valence-electron chi connectivity index (χ4n) is 2.10. The third-order valence-corrected chi connectivity index (χ3v) is 4.29. The maximum Gasteiger partial charge on any atom is 0.416 e. The van der Waals surface area contributed by atoms with Gasteiger partial charge in [0.2, 0.25) is 0 Å². The highest BCUT2D eigenvalue weighted by Gasteiger charge is 2.33. The van der Waals surface area contributed by atoms with E-state index in [4.69, 9.17) is 11.6 Å². The summed E-state index contributed by atoms with van der Waals surface area (Å²) in [4.78, 5) is 10.2. The van der Waals surface area contributed by atoms with E-state index in [2.05, 4.69) is 5.32 Å². The second-order valence-electron chi connectivity index (χ2n) is 5.14. The Kier molecular flexibility index (Phi) is 5.69. The summed E-state index contributed by atoms with van der Waals surface area (Å²) in [5.74, 6) is 0.184. The first-order valence-corrected chi connectivity index (χ1v) is 8.89. The molecule has 0 aliphatic carbocycles. The molecule has 0 saturated carbocycles. The van der Waals surface area contributed by atoms with Gasteiger partial charge >= 0.3 is 6.18 Å². The number of nitrogens with zero attached hydrogens (tertiary/aromatic N) is 1. The number of hydrogen-bond acceptors (Lipinski definition) is 4. The second-order valence-corrected chi connectivity index (χ2v) is 6.98. The highest BCUT2D eigenvalue weighted by Crippen LogP contribution is 2.36. The molecule has 0 aliphatic heterocycles. The van der Waals surface area contributed by atoms with Crippen LogP contribution in [0.4, 0.5) is 30.2 Å². The van der Waals surface area contributed by atoms with Gasteiger partial charge in [0.25, 0.3) is 5.69 Å².